The predicted octanol–water partition coefficient (Wildman–Crippen LogP) is 4.07. The van der Waals surface area contributed by atoms with Crippen molar-refractivity contribution in [3.8, 4) is 11.1 Å². The molecule has 39 heavy (non-hydrogen) atoms. The van der Waals surface area contributed by atoms with E-state index in [0.717, 1.165) is 87.3 Å². The predicted molar refractivity (Wildman–Crippen MR) is 154 cm³/mol. The second-order valence-electron chi connectivity index (χ2n) is 11.4. The number of morpholine rings is 1. The van der Waals surface area contributed by atoms with Gasteiger partial charge in [-0.1, -0.05) is 12.1 Å². The summed E-state index contributed by atoms with van der Waals surface area (Å²) in [5.41, 5.74) is 2.07. The molecule has 9 heteroatoms. The van der Waals surface area contributed by atoms with E-state index in [2.05, 4.69) is 32.1 Å². The van der Waals surface area contributed by atoms with Gasteiger partial charge in [-0.05, 0) is 80.0 Å². The van der Waals surface area contributed by atoms with Gasteiger partial charge in [0.15, 0.2) is 0 Å². The fourth-order valence-electron chi connectivity index (χ4n) is 5.89. The Kier molecular flexibility index (Phi) is 9.19. The number of aromatic nitrogens is 1. The Morgan fingerprint density at radius 1 is 0.923 bits per heavy atom. The zero-order valence-electron chi connectivity index (χ0n) is 23.4. The van der Waals surface area contributed by atoms with Crippen molar-refractivity contribution >= 4 is 17.7 Å². The monoisotopic (exact) mass is 538 g/mol. The normalized spacial score (nSPS) is 22.5. The number of halogens is 1. The van der Waals surface area contributed by atoms with Crippen LogP contribution in [0.2, 0.25) is 0 Å². The average Bonchev–Trinajstić information content (AvgIpc) is 2.97. The molecule has 3 fully saturated rings. The molecular formula is C30H43FN6O2. The Hall–Kier alpha value is -2.91. The van der Waals surface area contributed by atoms with Crippen LogP contribution in [0.5, 0.6) is 0 Å². The van der Waals surface area contributed by atoms with Gasteiger partial charge in [-0.2, -0.15) is 0 Å². The van der Waals surface area contributed by atoms with Crippen molar-refractivity contribution in [2.45, 2.75) is 38.1 Å². The first-order valence-electron chi connectivity index (χ1n) is 14.5. The molecule has 0 atom stereocenters. The largest absolute Gasteiger partial charge is 0.378 e. The number of hydrogen-bond acceptors (Lipinski definition) is 6. The highest BCUT2D eigenvalue weighted by atomic mass is 19.1. The highest BCUT2D eigenvalue weighted by molar-refractivity contribution is 5.74. The quantitative estimate of drug-likeness (QED) is 0.574. The lowest BCUT2D eigenvalue weighted by molar-refractivity contribution is 0.122. The van der Waals surface area contributed by atoms with E-state index in [4.69, 9.17) is 9.72 Å². The van der Waals surface area contributed by atoms with Crippen LogP contribution in [0, 0.1) is 11.7 Å². The van der Waals surface area contributed by atoms with Crippen molar-refractivity contribution < 1.29 is 13.9 Å². The number of nitrogens with zero attached hydrogens (tertiary/aromatic N) is 5. The number of anilines is 2. The van der Waals surface area contributed by atoms with Gasteiger partial charge in [0.2, 0.25) is 0 Å². The molecule has 8 nitrogen and oxygen atoms in total. The number of ether oxygens (including phenoxy) is 1. The van der Waals surface area contributed by atoms with E-state index in [1.165, 1.54) is 31.4 Å². The number of benzene rings is 1. The van der Waals surface area contributed by atoms with E-state index in [1.807, 2.05) is 12.1 Å². The summed E-state index contributed by atoms with van der Waals surface area (Å²) in [6, 6.07) is 11.4. The average molecular weight is 539 g/mol. The van der Waals surface area contributed by atoms with Crippen molar-refractivity contribution in [2.24, 2.45) is 5.92 Å². The third kappa shape index (κ3) is 7.39. The minimum Gasteiger partial charge on any atom is -0.378 e. The topological polar surface area (TPSA) is 64.2 Å². The molecule has 2 aromatic rings. The summed E-state index contributed by atoms with van der Waals surface area (Å²) in [6.45, 7) is 8.18. The summed E-state index contributed by atoms with van der Waals surface area (Å²) in [4.78, 5) is 25.9. The molecule has 2 aliphatic heterocycles. The highest BCUT2D eigenvalue weighted by Gasteiger charge is 2.25. The van der Waals surface area contributed by atoms with E-state index in [1.54, 1.807) is 19.0 Å². The lowest BCUT2D eigenvalue weighted by Crippen LogP contribution is -2.47. The first kappa shape index (κ1) is 27.6. The molecule has 1 N–H and O–H groups in total. The lowest BCUT2D eigenvalue weighted by Gasteiger charge is -2.37. The van der Waals surface area contributed by atoms with Gasteiger partial charge in [0.1, 0.15) is 17.5 Å². The smallest absolute Gasteiger partial charge is 0.317 e. The zero-order valence-corrected chi connectivity index (χ0v) is 23.4. The van der Waals surface area contributed by atoms with Gasteiger partial charge < -0.3 is 24.8 Å². The summed E-state index contributed by atoms with van der Waals surface area (Å²) in [7, 11) is 3.59. The summed E-state index contributed by atoms with van der Waals surface area (Å²) < 4.78 is 19.1. The van der Waals surface area contributed by atoms with E-state index in [0.29, 0.717) is 19.3 Å². The summed E-state index contributed by atoms with van der Waals surface area (Å²) >= 11 is 0. The number of pyridine rings is 1. The van der Waals surface area contributed by atoms with Crippen LogP contribution >= 0.6 is 0 Å². The number of carbonyl (C=O) groups is 1. The molecule has 5 rings (SSSR count). The summed E-state index contributed by atoms with van der Waals surface area (Å²) in [5.74, 6) is 2.49. The maximum atomic E-state index is 13.6. The standard InChI is InChI=1S/C30H43FN6O2/c1-34(2)30(38)32-27-9-3-23(4-10-27)11-12-35-13-15-36(16-14-35)28-21-25(24-5-7-26(31)8-6-24)22-29(33-28)37-17-19-39-20-18-37/h5-8,21-23,27H,3-4,9-20H2,1-2H3,(H,32,38). The molecule has 1 aromatic heterocycles. The Morgan fingerprint density at radius 3 is 2.15 bits per heavy atom. The van der Waals surface area contributed by atoms with Crippen LogP contribution in [0.25, 0.3) is 11.1 Å². The van der Waals surface area contributed by atoms with E-state index >= 15 is 0 Å². The van der Waals surface area contributed by atoms with E-state index in [9.17, 15) is 9.18 Å². The number of hydrogen-bond donors (Lipinski definition) is 1. The Balaban J connectivity index is 1.15. The molecule has 0 bridgehead atoms. The van der Waals surface area contributed by atoms with Crippen molar-refractivity contribution in [1.29, 1.82) is 0 Å². The minimum atomic E-state index is -0.221. The number of piperazine rings is 1. The van der Waals surface area contributed by atoms with Crippen LogP contribution in [0.4, 0.5) is 20.8 Å². The molecule has 0 radical (unpaired) electrons. The zero-order chi connectivity index (χ0) is 27.2. The van der Waals surface area contributed by atoms with Gasteiger partial charge in [0.25, 0.3) is 0 Å². The van der Waals surface area contributed by atoms with Gasteiger partial charge in [0, 0.05) is 59.4 Å². The fraction of sp³-hybridized carbons (Fsp3) is 0.600. The number of urea groups is 1. The number of nitrogens with one attached hydrogen (secondary N) is 1. The third-order valence-electron chi connectivity index (χ3n) is 8.44. The van der Waals surface area contributed by atoms with Crippen LogP contribution in [-0.2, 0) is 4.74 Å². The molecule has 1 aromatic carbocycles. The molecule has 2 saturated heterocycles. The Bertz CT molecular complexity index is 1080. The molecule has 212 valence electrons. The van der Waals surface area contributed by atoms with Crippen molar-refractivity contribution in [1.82, 2.24) is 20.1 Å². The van der Waals surface area contributed by atoms with Crippen molar-refractivity contribution in [3.05, 3.63) is 42.2 Å². The molecule has 1 aliphatic carbocycles. The van der Waals surface area contributed by atoms with Gasteiger partial charge >= 0.3 is 6.03 Å². The summed E-state index contributed by atoms with van der Waals surface area (Å²) in [5, 5.41) is 3.15. The van der Waals surface area contributed by atoms with Crippen LogP contribution in [0.15, 0.2) is 36.4 Å². The van der Waals surface area contributed by atoms with Gasteiger partial charge in [-0.25, -0.2) is 14.2 Å². The maximum absolute atomic E-state index is 13.6. The van der Waals surface area contributed by atoms with Crippen LogP contribution in [0.1, 0.15) is 32.1 Å². The van der Waals surface area contributed by atoms with Crippen LogP contribution < -0.4 is 15.1 Å². The molecule has 1 saturated carbocycles. The number of rotatable bonds is 7. The molecule has 0 spiro atoms. The van der Waals surface area contributed by atoms with E-state index in [-0.39, 0.29) is 11.8 Å². The fourth-order valence-corrected chi connectivity index (χ4v) is 5.89. The molecule has 3 aliphatic rings. The molecule has 3 heterocycles. The second kappa shape index (κ2) is 13.0. The van der Waals surface area contributed by atoms with Crippen molar-refractivity contribution in [2.75, 3.05) is 82.9 Å². The van der Waals surface area contributed by atoms with Crippen LogP contribution in [-0.4, -0.2) is 100.0 Å². The SMILES string of the molecule is CN(C)C(=O)NC1CCC(CCN2CCN(c3cc(-c4ccc(F)cc4)cc(N4CCOCC4)n3)CC2)CC1. The third-order valence-corrected chi connectivity index (χ3v) is 8.44. The lowest BCUT2D eigenvalue weighted by atomic mass is 9.84. The Labute approximate surface area is 232 Å². The molecule has 0 unspecified atom stereocenters. The first-order valence-corrected chi connectivity index (χ1v) is 14.5. The van der Waals surface area contributed by atoms with E-state index < -0.39 is 0 Å². The van der Waals surface area contributed by atoms with Gasteiger partial charge in [0.05, 0.1) is 13.2 Å². The molecular weight excluding hydrogens is 495 g/mol. The number of carbonyl (C=O) groups excluding carboxylic acids is 1. The van der Waals surface area contributed by atoms with Crippen molar-refractivity contribution in [3.63, 3.8) is 0 Å². The maximum Gasteiger partial charge on any atom is 0.317 e. The highest BCUT2D eigenvalue weighted by Crippen LogP contribution is 2.30. The second-order valence-corrected chi connectivity index (χ2v) is 11.4. The van der Waals surface area contributed by atoms with Crippen LogP contribution in [0.3, 0.4) is 0 Å². The Morgan fingerprint density at radius 2 is 1.54 bits per heavy atom. The summed E-state index contributed by atoms with van der Waals surface area (Å²) in [6.07, 6.45) is 5.79. The van der Waals surface area contributed by atoms with Gasteiger partial charge in [-0.15, -0.1) is 0 Å². The minimum absolute atomic E-state index is 0.0195. The van der Waals surface area contributed by atoms with Gasteiger partial charge in [-0.3, -0.25) is 4.90 Å². The molecule has 2 amide bonds. The first-order chi connectivity index (χ1) is 18.9. The number of amides is 2.